The zero-order chi connectivity index (χ0) is 13.5. The number of rotatable bonds is 6. The largest absolute Gasteiger partial charge is 0.376 e. The van der Waals surface area contributed by atoms with Crippen LogP contribution < -0.4 is 10.6 Å². The van der Waals surface area contributed by atoms with Crippen molar-refractivity contribution in [1.82, 2.24) is 5.32 Å². The summed E-state index contributed by atoms with van der Waals surface area (Å²) in [6, 6.07) is 4.96. The molecule has 1 rings (SSSR count). The van der Waals surface area contributed by atoms with Gasteiger partial charge in [0.15, 0.2) is 0 Å². The van der Waals surface area contributed by atoms with Crippen LogP contribution in [-0.4, -0.2) is 18.5 Å². The number of carbonyl (C=O) groups is 1. The van der Waals surface area contributed by atoms with E-state index in [2.05, 4.69) is 10.6 Å². The lowest BCUT2D eigenvalue weighted by Gasteiger charge is -2.15. The second-order valence-corrected chi connectivity index (χ2v) is 4.40. The molecule has 1 aromatic carbocycles. The van der Waals surface area contributed by atoms with Crippen molar-refractivity contribution in [3.8, 4) is 0 Å². The molecule has 18 heavy (non-hydrogen) atoms. The minimum atomic E-state index is -0.234. The van der Waals surface area contributed by atoms with Crippen molar-refractivity contribution < 1.29 is 9.18 Å². The Bertz CT molecular complexity index is 403. The second-order valence-electron chi connectivity index (χ2n) is 4.40. The monoisotopic (exact) mass is 252 g/mol. The second kappa shape index (κ2) is 6.99. The van der Waals surface area contributed by atoms with Crippen LogP contribution in [0.3, 0.4) is 0 Å². The molecule has 0 spiro atoms. The summed E-state index contributed by atoms with van der Waals surface area (Å²) in [5, 5.41) is 5.92. The van der Waals surface area contributed by atoms with E-state index in [0.717, 1.165) is 18.5 Å². The van der Waals surface area contributed by atoms with E-state index in [-0.39, 0.29) is 24.3 Å². The Morgan fingerprint density at radius 1 is 1.33 bits per heavy atom. The predicted octanol–water partition coefficient (Wildman–Crippen LogP) is 2.85. The number of nitrogens with one attached hydrogen (secondary N) is 2. The molecule has 0 aliphatic heterocycles. The van der Waals surface area contributed by atoms with Gasteiger partial charge < -0.3 is 10.6 Å². The number of aryl methyl sites for hydroxylation is 1. The van der Waals surface area contributed by atoms with E-state index < -0.39 is 0 Å². The molecule has 100 valence electrons. The lowest BCUT2D eigenvalue weighted by molar-refractivity contribution is -0.120. The van der Waals surface area contributed by atoms with E-state index in [1.54, 1.807) is 19.1 Å². The highest BCUT2D eigenvalue weighted by molar-refractivity contribution is 5.80. The number of benzene rings is 1. The molecular weight excluding hydrogens is 231 g/mol. The molecule has 1 amide bonds. The Labute approximate surface area is 108 Å². The normalized spacial score (nSPS) is 10.5. The van der Waals surface area contributed by atoms with Gasteiger partial charge in [-0.1, -0.05) is 13.8 Å². The standard InChI is InChI=1S/C14H21FN2O/c1-4-11(5-2)17-14(18)9-16-12-6-7-13(15)10(3)8-12/h6-8,11,16H,4-5,9H2,1-3H3,(H,17,18). The Kier molecular flexibility index (Phi) is 5.62. The number of halogens is 1. The van der Waals surface area contributed by atoms with Crippen molar-refractivity contribution in [1.29, 1.82) is 0 Å². The molecule has 0 aliphatic carbocycles. The van der Waals surface area contributed by atoms with Crippen LogP contribution in [0.1, 0.15) is 32.3 Å². The molecule has 0 aromatic heterocycles. The zero-order valence-electron chi connectivity index (χ0n) is 11.2. The minimum absolute atomic E-state index is 0.0364. The quantitative estimate of drug-likeness (QED) is 0.817. The molecular formula is C14H21FN2O. The molecule has 1 aromatic rings. The Balaban J connectivity index is 2.44. The van der Waals surface area contributed by atoms with Gasteiger partial charge in [-0.3, -0.25) is 4.79 Å². The fourth-order valence-electron chi connectivity index (χ4n) is 1.71. The van der Waals surface area contributed by atoms with E-state index in [0.29, 0.717) is 5.56 Å². The summed E-state index contributed by atoms with van der Waals surface area (Å²) in [6.45, 7) is 6.00. The molecule has 0 atom stereocenters. The van der Waals surface area contributed by atoms with Crippen LogP contribution in [0, 0.1) is 12.7 Å². The highest BCUT2D eigenvalue weighted by Gasteiger charge is 2.08. The van der Waals surface area contributed by atoms with Gasteiger partial charge in [-0.25, -0.2) is 4.39 Å². The van der Waals surface area contributed by atoms with Crippen molar-refractivity contribution in [2.75, 3.05) is 11.9 Å². The summed E-state index contributed by atoms with van der Waals surface area (Å²) < 4.78 is 13.1. The number of hydrogen-bond acceptors (Lipinski definition) is 2. The number of carbonyl (C=O) groups excluding carboxylic acids is 1. The van der Waals surface area contributed by atoms with Crippen molar-refractivity contribution in [2.24, 2.45) is 0 Å². The maximum atomic E-state index is 13.1. The van der Waals surface area contributed by atoms with Gasteiger partial charge in [0.25, 0.3) is 0 Å². The van der Waals surface area contributed by atoms with Gasteiger partial charge in [-0.2, -0.15) is 0 Å². The van der Waals surface area contributed by atoms with Gasteiger partial charge in [0, 0.05) is 11.7 Å². The Hall–Kier alpha value is -1.58. The molecule has 2 N–H and O–H groups in total. The first kappa shape index (κ1) is 14.5. The smallest absolute Gasteiger partial charge is 0.239 e. The number of anilines is 1. The minimum Gasteiger partial charge on any atom is -0.376 e. The fourth-order valence-corrected chi connectivity index (χ4v) is 1.71. The maximum Gasteiger partial charge on any atom is 0.239 e. The molecule has 3 nitrogen and oxygen atoms in total. The van der Waals surface area contributed by atoms with Gasteiger partial charge >= 0.3 is 0 Å². The highest BCUT2D eigenvalue weighted by atomic mass is 19.1. The highest BCUT2D eigenvalue weighted by Crippen LogP contribution is 2.13. The SMILES string of the molecule is CCC(CC)NC(=O)CNc1ccc(F)c(C)c1. The molecule has 0 aliphatic rings. The predicted molar refractivity (Wildman–Crippen MR) is 72.1 cm³/mol. The summed E-state index contributed by atoms with van der Waals surface area (Å²) in [6.07, 6.45) is 1.86. The van der Waals surface area contributed by atoms with Crippen LogP contribution in [0.4, 0.5) is 10.1 Å². The van der Waals surface area contributed by atoms with Gasteiger partial charge in [0.1, 0.15) is 5.82 Å². The van der Waals surface area contributed by atoms with Crippen LogP contribution in [-0.2, 0) is 4.79 Å². The molecule has 0 fully saturated rings. The first-order valence-corrected chi connectivity index (χ1v) is 6.36. The molecule has 0 radical (unpaired) electrons. The summed E-state index contributed by atoms with van der Waals surface area (Å²) >= 11 is 0. The average Bonchev–Trinajstić information content (AvgIpc) is 2.37. The topological polar surface area (TPSA) is 41.1 Å². The molecule has 4 heteroatoms. The molecule has 0 saturated carbocycles. The average molecular weight is 252 g/mol. The molecule has 0 saturated heterocycles. The van der Waals surface area contributed by atoms with Crippen molar-refractivity contribution in [3.05, 3.63) is 29.6 Å². The van der Waals surface area contributed by atoms with Crippen LogP contribution in [0.15, 0.2) is 18.2 Å². The summed E-state index contributed by atoms with van der Waals surface area (Å²) in [5.41, 5.74) is 1.33. The first-order valence-electron chi connectivity index (χ1n) is 6.36. The van der Waals surface area contributed by atoms with E-state index in [1.165, 1.54) is 6.07 Å². The summed E-state index contributed by atoms with van der Waals surface area (Å²) in [7, 11) is 0. The third kappa shape index (κ3) is 4.35. The number of hydrogen-bond donors (Lipinski definition) is 2. The van der Waals surface area contributed by atoms with Crippen molar-refractivity contribution in [3.63, 3.8) is 0 Å². The lowest BCUT2D eigenvalue weighted by atomic mass is 10.2. The van der Waals surface area contributed by atoms with Crippen molar-refractivity contribution >= 4 is 11.6 Å². The van der Waals surface area contributed by atoms with Gasteiger partial charge in [-0.15, -0.1) is 0 Å². The zero-order valence-corrected chi connectivity index (χ0v) is 11.2. The van der Waals surface area contributed by atoms with E-state index in [4.69, 9.17) is 0 Å². The van der Waals surface area contributed by atoms with E-state index >= 15 is 0 Å². The van der Waals surface area contributed by atoms with Crippen molar-refractivity contribution in [2.45, 2.75) is 39.7 Å². The molecule has 0 bridgehead atoms. The number of amides is 1. The van der Waals surface area contributed by atoms with Crippen LogP contribution in [0.25, 0.3) is 0 Å². The maximum absolute atomic E-state index is 13.1. The van der Waals surface area contributed by atoms with E-state index in [9.17, 15) is 9.18 Å². The Morgan fingerprint density at radius 2 is 2.00 bits per heavy atom. The fraction of sp³-hybridized carbons (Fsp3) is 0.500. The third-order valence-corrected chi connectivity index (χ3v) is 2.96. The first-order chi connectivity index (χ1) is 8.56. The van der Waals surface area contributed by atoms with Gasteiger partial charge in [0.2, 0.25) is 5.91 Å². The third-order valence-electron chi connectivity index (χ3n) is 2.96. The summed E-state index contributed by atoms with van der Waals surface area (Å²) in [4.78, 5) is 11.6. The molecule has 0 heterocycles. The van der Waals surface area contributed by atoms with Crippen LogP contribution >= 0.6 is 0 Å². The molecule has 0 unspecified atom stereocenters. The lowest BCUT2D eigenvalue weighted by Crippen LogP contribution is -2.37. The van der Waals surface area contributed by atoms with E-state index in [1.807, 2.05) is 13.8 Å². The Morgan fingerprint density at radius 3 is 2.56 bits per heavy atom. The van der Waals surface area contributed by atoms with Crippen LogP contribution in [0.2, 0.25) is 0 Å². The van der Waals surface area contributed by atoms with Gasteiger partial charge in [-0.05, 0) is 43.5 Å². The van der Waals surface area contributed by atoms with Gasteiger partial charge in [0.05, 0.1) is 6.54 Å². The van der Waals surface area contributed by atoms with Crippen LogP contribution in [0.5, 0.6) is 0 Å². The summed E-state index contributed by atoms with van der Waals surface area (Å²) in [5.74, 6) is -0.271.